The van der Waals surface area contributed by atoms with Crippen molar-refractivity contribution in [2.75, 3.05) is 13.1 Å². The molecule has 5 nitrogen and oxygen atoms in total. The van der Waals surface area contributed by atoms with Crippen LogP contribution in [0.15, 0.2) is 0 Å². The van der Waals surface area contributed by atoms with Crippen LogP contribution >= 0.6 is 0 Å². The summed E-state index contributed by atoms with van der Waals surface area (Å²) in [7, 11) is 0. The van der Waals surface area contributed by atoms with Crippen LogP contribution in [0.3, 0.4) is 0 Å². The molecule has 0 aromatic carbocycles. The lowest BCUT2D eigenvalue weighted by atomic mass is 10.1. The second kappa shape index (κ2) is 7.45. The number of alkyl carbamates (subject to hydrolysis) is 1. The third-order valence-corrected chi connectivity index (χ3v) is 4.24. The quantitative estimate of drug-likeness (QED) is 0.747. The van der Waals surface area contributed by atoms with Crippen molar-refractivity contribution >= 4 is 6.09 Å². The van der Waals surface area contributed by atoms with Crippen LogP contribution in [0.25, 0.3) is 0 Å². The molecular formula is C16H31N3O2. The maximum absolute atomic E-state index is 11.9. The predicted molar refractivity (Wildman–Crippen MR) is 84.4 cm³/mol. The van der Waals surface area contributed by atoms with E-state index in [4.69, 9.17) is 4.74 Å². The number of rotatable bonds is 3. The summed E-state index contributed by atoms with van der Waals surface area (Å²) in [5.41, 5.74) is -0.432. The highest BCUT2D eigenvalue weighted by Crippen LogP contribution is 2.21. The van der Waals surface area contributed by atoms with Crippen LogP contribution < -0.4 is 16.0 Å². The molecular weight excluding hydrogens is 266 g/mol. The summed E-state index contributed by atoms with van der Waals surface area (Å²) >= 11 is 0. The van der Waals surface area contributed by atoms with Gasteiger partial charge in [-0.25, -0.2) is 4.79 Å². The van der Waals surface area contributed by atoms with Crippen LogP contribution in [0.1, 0.15) is 59.3 Å². The third kappa shape index (κ3) is 5.83. The molecule has 122 valence electrons. The first-order valence-corrected chi connectivity index (χ1v) is 8.40. The van der Waals surface area contributed by atoms with Crippen LogP contribution in [0.4, 0.5) is 4.79 Å². The molecule has 0 spiro atoms. The summed E-state index contributed by atoms with van der Waals surface area (Å²) in [6.07, 6.45) is 6.70. The molecule has 1 saturated heterocycles. The minimum absolute atomic E-state index is 0.205. The van der Waals surface area contributed by atoms with E-state index in [0.29, 0.717) is 12.1 Å². The average Bonchev–Trinajstić information content (AvgIpc) is 2.63. The first-order chi connectivity index (χ1) is 9.94. The zero-order chi connectivity index (χ0) is 15.3. The van der Waals surface area contributed by atoms with Crippen molar-refractivity contribution in [1.29, 1.82) is 0 Å². The highest BCUT2D eigenvalue weighted by molar-refractivity contribution is 5.68. The lowest BCUT2D eigenvalue weighted by molar-refractivity contribution is 0.0496. The van der Waals surface area contributed by atoms with E-state index in [1.165, 1.54) is 25.7 Å². The van der Waals surface area contributed by atoms with Gasteiger partial charge in [0.25, 0.3) is 0 Å². The molecule has 1 saturated carbocycles. The lowest BCUT2D eigenvalue weighted by Gasteiger charge is -2.28. The molecule has 2 rings (SSSR count). The summed E-state index contributed by atoms with van der Waals surface area (Å²) in [5.74, 6) is 0. The second-order valence-corrected chi connectivity index (χ2v) is 7.33. The van der Waals surface area contributed by atoms with E-state index in [1.807, 2.05) is 20.8 Å². The fraction of sp³-hybridized carbons (Fsp3) is 0.938. The van der Waals surface area contributed by atoms with E-state index in [9.17, 15) is 4.79 Å². The molecule has 2 aliphatic rings. The molecule has 21 heavy (non-hydrogen) atoms. The minimum atomic E-state index is -0.432. The molecule has 3 atom stereocenters. The van der Waals surface area contributed by atoms with Gasteiger partial charge in [-0.3, -0.25) is 0 Å². The molecule has 3 N–H and O–H groups in total. The van der Waals surface area contributed by atoms with Crippen molar-refractivity contribution in [3.05, 3.63) is 0 Å². The van der Waals surface area contributed by atoms with Gasteiger partial charge in [-0.15, -0.1) is 0 Å². The Hall–Kier alpha value is -0.810. The van der Waals surface area contributed by atoms with Crippen molar-refractivity contribution in [3.63, 3.8) is 0 Å². The van der Waals surface area contributed by atoms with Crippen molar-refractivity contribution in [1.82, 2.24) is 16.0 Å². The van der Waals surface area contributed by atoms with E-state index in [1.54, 1.807) is 0 Å². The van der Waals surface area contributed by atoms with Crippen LogP contribution in [0.5, 0.6) is 0 Å². The van der Waals surface area contributed by atoms with Crippen molar-refractivity contribution in [3.8, 4) is 0 Å². The Balaban J connectivity index is 1.80. The zero-order valence-electron chi connectivity index (χ0n) is 13.7. The highest BCUT2D eigenvalue weighted by Gasteiger charge is 2.31. The first-order valence-electron chi connectivity index (χ1n) is 8.40. The fourth-order valence-electron chi connectivity index (χ4n) is 3.28. The van der Waals surface area contributed by atoms with Gasteiger partial charge in [-0.1, -0.05) is 0 Å². The van der Waals surface area contributed by atoms with Gasteiger partial charge in [0.1, 0.15) is 5.60 Å². The van der Waals surface area contributed by atoms with Crippen molar-refractivity contribution < 1.29 is 9.53 Å². The van der Waals surface area contributed by atoms with Gasteiger partial charge in [0.05, 0.1) is 0 Å². The number of carbonyl (C=O) groups excluding carboxylic acids is 1. The summed E-state index contributed by atoms with van der Waals surface area (Å²) in [6.45, 7) is 7.91. The lowest BCUT2D eigenvalue weighted by Crippen LogP contribution is -2.50. The Morgan fingerprint density at radius 3 is 2.57 bits per heavy atom. The van der Waals surface area contributed by atoms with Gasteiger partial charge in [-0.2, -0.15) is 0 Å². The third-order valence-electron chi connectivity index (χ3n) is 4.24. The van der Waals surface area contributed by atoms with Crippen molar-refractivity contribution in [2.45, 2.75) is 83.0 Å². The van der Waals surface area contributed by atoms with Crippen molar-refractivity contribution in [2.24, 2.45) is 0 Å². The summed E-state index contributed by atoms with van der Waals surface area (Å²) in [5, 5.41) is 10.3. The van der Waals surface area contributed by atoms with Crippen LogP contribution in [-0.4, -0.2) is 42.9 Å². The number of carbonyl (C=O) groups is 1. The Bertz CT molecular complexity index is 333. The molecule has 1 aliphatic carbocycles. The van der Waals surface area contributed by atoms with E-state index in [-0.39, 0.29) is 12.1 Å². The maximum Gasteiger partial charge on any atom is 0.407 e. The van der Waals surface area contributed by atoms with Gasteiger partial charge in [0.15, 0.2) is 0 Å². The molecule has 2 fully saturated rings. The van der Waals surface area contributed by atoms with Crippen LogP contribution in [0.2, 0.25) is 0 Å². The van der Waals surface area contributed by atoms with E-state index >= 15 is 0 Å². The monoisotopic (exact) mass is 297 g/mol. The maximum atomic E-state index is 11.9. The molecule has 1 heterocycles. The largest absolute Gasteiger partial charge is 0.444 e. The Morgan fingerprint density at radius 1 is 1.05 bits per heavy atom. The molecule has 0 aromatic rings. The number of amides is 1. The van der Waals surface area contributed by atoms with E-state index in [0.717, 1.165) is 25.9 Å². The minimum Gasteiger partial charge on any atom is -0.444 e. The highest BCUT2D eigenvalue weighted by atomic mass is 16.6. The molecule has 3 unspecified atom stereocenters. The molecule has 0 bridgehead atoms. The normalized spacial score (nSPS) is 30.7. The molecule has 0 aromatic heterocycles. The van der Waals surface area contributed by atoms with Gasteiger partial charge >= 0.3 is 6.09 Å². The van der Waals surface area contributed by atoms with Gasteiger partial charge in [-0.05, 0) is 72.4 Å². The van der Waals surface area contributed by atoms with E-state index < -0.39 is 5.60 Å². The second-order valence-electron chi connectivity index (χ2n) is 7.33. The van der Waals surface area contributed by atoms with E-state index in [2.05, 4.69) is 16.0 Å². The number of ether oxygens (including phenoxy) is 1. The SMILES string of the molecule is CC(C)(C)OC(=O)NC1CCCC1NC1CCCNCC1. The van der Waals surface area contributed by atoms with Gasteiger partial charge in [0.2, 0.25) is 0 Å². The number of hydrogen-bond donors (Lipinski definition) is 3. The Morgan fingerprint density at radius 2 is 1.81 bits per heavy atom. The first kappa shape index (κ1) is 16.6. The Kier molecular flexibility index (Phi) is 5.88. The topological polar surface area (TPSA) is 62.4 Å². The average molecular weight is 297 g/mol. The molecule has 1 aliphatic heterocycles. The standard InChI is InChI=1S/C16H31N3O2/c1-16(2,3)21-15(20)19-14-8-4-7-13(14)18-12-6-5-10-17-11-9-12/h12-14,17-18H,4-11H2,1-3H3,(H,19,20). The summed E-state index contributed by atoms with van der Waals surface area (Å²) < 4.78 is 5.37. The molecule has 0 radical (unpaired) electrons. The van der Waals surface area contributed by atoms with Gasteiger partial charge in [0, 0.05) is 18.1 Å². The molecule has 5 heteroatoms. The zero-order valence-corrected chi connectivity index (χ0v) is 13.7. The summed E-state index contributed by atoms with van der Waals surface area (Å²) in [6, 6.07) is 1.17. The Labute approximate surface area is 128 Å². The predicted octanol–water partition coefficient (Wildman–Crippen LogP) is 2.16. The van der Waals surface area contributed by atoms with Crippen LogP contribution in [0, 0.1) is 0 Å². The fourth-order valence-corrected chi connectivity index (χ4v) is 3.28. The van der Waals surface area contributed by atoms with Gasteiger partial charge < -0.3 is 20.7 Å². The molecule has 1 amide bonds. The van der Waals surface area contributed by atoms with Crippen LogP contribution in [-0.2, 0) is 4.74 Å². The number of hydrogen-bond acceptors (Lipinski definition) is 4. The number of nitrogens with one attached hydrogen (secondary N) is 3. The summed E-state index contributed by atoms with van der Waals surface area (Å²) in [4.78, 5) is 11.9. The smallest absolute Gasteiger partial charge is 0.407 e.